The lowest BCUT2D eigenvalue weighted by Crippen LogP contribution is -2.30. The number of fused-ring (bicyclic) bond motifs is 1. The third kappa shape index (κ3) is 4.10. The minimum Gasteiger partial charge on any atom is -0.454 e. The summed E-state index contributed by atoms with van der Waals surface area (Å²) in [6.07, 6.45) is 2.00. The summed E-state index contributed by atoms with van der Waals surface area (Å²) in [4.78, 5) is 12.7. The zero-order valence-electron chi connectivity index (χ0n) is 16.9. The fourth-order valence-corrected chi connectivity index (χ4v) is 4.38. The van der Waals surface area contributed by atoms with Crippen LogP contribution in [-0.4, -0.2) is 32.7 Å². The second-order valence-corrected chi connectivity index (χ2v) is 8.86. The number of nitrogens with zero attached hydrogens (tertiary/aromatic N) is 3. The molecular formula is C22H21FN4O3S. The number of aromatic nitrogens is 3. The van der Waals surface area contributed by atoms with Gasteiger partial charge in [-0.3, -0.25) is 9.36 Å². The standard InChI is InChI=1S/C22H21FN4O3S/c1-13(21(28)24-11-14-6-9-18-19(10-14)30-12-29-18)31-22-26-25-20(27(22)15-7-8-15)16-4-2-3-5-17(16)23/h2-6,9-10,13,15H,7-8,11-12H2,1H3,(H,24,28). The Bertz CT molecular complexity index is 1130. The number of halogens is 1. The van der Waals surface area contributed by atoms with Crippen molar-refractivity contribution in [3.05, 3.63) is 53.8 Å². The van der Waals surface area contributed by atoms with Crippen LogP contribution in [0.5, 0.6) is 11.5 Å². The number of benzene rings is 2. The Morgan fingerprint density at radius 2 is 2.03 bits per heavy atom. The van der Waals surface area contributed by atoms with Crippen LogP contribution >= 0.6 is 11.8 Å². The molecule has 1 amide bonds. The lowest BCUT2D eigenvalue weighted by atomic mass is 10.2. The predicted octanol–water partition coefficient (Wildman–Crippen LogP) is 3.94. The molecule has 1 aromatic heterocycles. The van der Waals surface area contributed by atoms with E-state index in [2.05, 4.69) is 15.5 Å². The van der Waals surface area contributed by atoms with Crippen LogP contribution in [0.25, 0.3) is 11.4 Å². The summed E-state index contributed by atoms with van der Waals surface area (Å²) in [7, 11) is 0. The topological polar surface area (TPSA) is 78.3 Å². The largest absolute Gasteiger partial charge is 0.454 e. The van der Waals surface area contributed by atoms with Crippen LogP contribution in [0, 0.1) is 5.82 Å². The molecule has 7 nitrogen and oxygen atoms in total. The molecule has 2 aliphatic rings. The molecule has 1 N–H and O–H groups in total. The minimum absolute atomic E-state index is 0.111. The number of carbonyl (C=O) groups excluding carboxylic acids is 1. The molecule has 1 aliphatic carbocycles. The molecule has 0 spiro atoms. The molecule has 3 aromatic rings. The van der Waals surface area contributed by atoms with Gasteiger partial charge in [0, 0.05) is 12.6 Å². The van der Waals surface area contributed by atoms with Crippen LogP contribution in [0.2, 0.25) is 0 Å². The summed E-state index contributed by atoms with van der Waals surface area (Å²) in [5.41, 5.74) is 1.35. The third-order valence-corrected chi connectivity index (χ3v) is 6.30. The molecule has 0 bridgehead atoms. The maximum absolute atomic E-state index is 14.3. The van der Waals surface area contributed by atoms with Gasteiger partial charge >= 0.3 is 0 Å². The molecular weight excluding hydrogens is 419 g/mol. The van der Waals surface area contributed by atoms with Crippen LogP contribution in [-0.2, 0) is 11.3 Å². The summed E-state index contributed by atoms with van der Waals surface area (Å²) >= 11 is 1.33. The summed E-state index contributed by atoms with van der Waals surface area (Å²) in [5.74, 6) is 1.47. The van der Waals surface area contributed by atoms with Gasteiger partial charge in [0.05, 0.1) is 10.8 Å². The minimum atomic E-state index is -0.385. The maximum Gasteiger partial charge on any atom is 0.233 e. The van der Waals surface area contributed by atoms with Crippen LogP contribution in [0.3, 0.4) is 0 Å². The Hall–Kier alpha value is -3.07. The van der Waals surface area contributed by atoms with Crippen LogP contribution in [0.15, 0.2) is 47.6 Å². The summed E-state index contributed by atoms with van der Waals surface area (Å²) in [6, 6.07) is 12.4. The van der Waals surface area contributed by atoms with Gasteiger partial charge in [-0.15, -0.1) is 10.2 Å². The number of carbonyl (C=O) groups is 1. The Kier molecular flexibility index (Phi) is 5.27. The highest BCUT2D eigenvalue weighted by Gasteiger charge is 2.32. The van der Waals surface area contributed by atoms with E-state index < -0.39 is 0 Å². The number of thioether (sulfide) groups is 1. The highest BCUT2D eigenvalue weighted by molar-refractivity contribution is 8.00. The first-order chi connectivity index (χ1) is 15.1. The smallest absolute Gasteiger partial charge is 0.233 e. The number of nitrogens with one attached hydrogen (secondary N) is 1. The van der Waals surface area contributed by atoms with Crippen LogP contribution in [0.4, 0.5) is 4.39 Å². The lowest BCUT2D eigenvalue weighted by molar-refractivity contribution is -0.120. The van der Waals surface area contributed by atoms with Gasteiger partial charge in [-0.05, 0) is 49.6 Å². The number of amides is 1. The molecule has 31 heavy (non-hydrogen) atoms. The van der Waals surface area contributed by atoms with E-state index >= 15 is 0 Å². The summed E-state index contributed by atoms with van der Waals surface area (Å²) < 4.78 is 27.0. The Morgan fingerprint density at radius 3 is 2.84 bits per heavy atom. The molecule has 1 fully saturated rings. The summed E-state index contributed by atoms with van der Waals surface area (Å²) in [6.45, 7) is 2.43. The van der Waals surface area contributed by atoms with Crippen molar-refractivity contribution in [1.82, 2.24) is 20.1 Å². The van der Waals surface area contributed by atoms with E-state index in [0.29, 0.717) is 34.6 Å². The molecule has 0 saturated heterocycles. The number of hydrogen-bond donors (Lipinski definition) is 1. The van der Waals surface area contributed by atoms with Crippen molar-refractivity contribution in [3.8, 4) is 22.9 Å². The monoisotopic (exact) mass is 440 g/mol. The second-order valence-electron chi connectivity index (χ2n) is 7.55. The zero-order valence-corrected chi connectivity index (χ0v) is 17.7. The van der Waals surface area contributed by atoms with E-state index in [9.17, 15) is 9.18 Å². The van der Waals surface area contributed by atoms with E-state index in [1.54, 1.807) is 18.2 Å². The van der Waals surface area contributed by atoms with Gasteiger partial charge in [-0.1, -0.05) is 30.0 Å². The van der Waals surface area contributed by atoms with E-state index in [1.807, 2.05) is 29.7 Å². The molecule has 9 heteroatoms. The van der Waals surface area contributed by atoms with Gasteiger partial charge in [0.1, 0.15) is 5.82 Å². The van der Waals surface area contributed by atoms with Gasteiger partial charge < -0.3 is 14.8 Å². The molecule has 2 heterocycles. The van der Waals surface area contributed by atoms with Crippen LogP contribution < -0.4 is 14.8 Å². The molecule has 1 aliphatic heterocycles. The van der Waals surface area contributed by atoms with E-state index in [0.717, 1.165) is 18.4 Å². The van der Waals surface area contributed by atoms with Crippen molar-refractivity contribution in [3.63, 3.8) is 0 Å². The van der Waals surface area contributed by atoms with E-state index in [4.69, 9.17) is 9.47 Å². The molecule has 5 rings (SSSR count). The molecule has 2 aromatic carbocycles. The highest BCUT2D eigenvalue weighted by atomic mass is 32.2. The second kappa shape index (κ2) is 8.22. The molecule has 0 radical (unpaired) electrons. The zero-order chi connectivity index (χ0) is 21.4. The normalized spacial score (nSPS) is 15.7. The van der Waals surface area contributed by atoms with Crippen molar-refractivity contribution < 1.29 is 18.7 Å². The first kappa shape index (κ1) is 19.9. The first-order valence-electron chi connectivity index (χ1n) is 10.1. The Morgan fingerprint density at radius 1 is 1.23 bits per heavy atom. The van der Waals surface area contributed by atoms with Gasteiger partial charge in [0.25, 0.3) is 0 Å². The van der Waals surface area contributed by atoms with Gasteiger partial charge in [0.15, 0.2) is 22.5 Å². The van der Waals surface area contributed by atoms with Crippen molar-refractivity contribution in [1.29, 1.82) is 0 Å². The first-order valence-corrected chi connectivity index (χ1v) is 11.0. The van der Waals surface area contributed by atoms with Gasteiger partial charge in [-0.2, -0.15) is 0 Å². The number of hydrogen-bond acceptors (Lipinski definition) is 6. The van der Waals surface area contributed by atoms with Gasteiger partial charge in [0.2, 0.25) is 12.7 Å². The number of rotatable bonds is 7. The van der Waals surface area contributed by atoms with Crippen molar-refractivity contribution in [2.75, 3.05) is 6.79 Å². The highest BCUT2D eigenvalue weighted by Crippen LogP contribution is 2.42. The van der Waals surface area contributed by atoms with Crippen LogP contribution in [0.1, 0.15) is 31.4 Å². The third-order valence-electron chi connectivity index (χ3n) is 5.25. The maximum atomic E-state index is 14.3. The lowest BCUT2D eigenvalue weighted by Gasteiger charge is -2.14. The average molecular weight is 441 g/mol. The Balaban J connectivity index is 1.27. The number of ether oxygens (including phenoxy) is 2. The van der Waals surface area contributed by atoms with E-state index in [1.165, 1.54) is 17.8 Å². The quantitative estimate of drug-likeness (QED) is 0.561. The summed E-state index contributed by atoms with van der Waals surface area (Å²) in [5, 5.41) is 11.7. The average Bonchev–Trinajstić information content (AvgIpc) is 3.36. The van der Waals surface area contributed by atoms with Crippen molar-refractivity contribution >= 4 is 17.7 Å². The van der Waals surface area contributed by atoms with Crippen molar-refractivity contribution in [2.45, 2.75) is 42.8 Å². The molecule has 1 unspecified atom stereocenters. The fourth-order valence-electron chi connectivity index (χ4n) is 3.44. The molecule has 1 atom stereocenters. The predicted molar refractivity (Wildman–Crippen MR) is 113 cm³/mol. The van der Waals surface area contributed by atoms with Crippen molar-refractivity contribution in [2.24, 2.45) is 0 Å². The SMILES string of the molecule is CC(Sc1nnc(-c2ccccc2F)n1C1CC1)C(=O)NCc1ccc2c(c1)OCO2. The fraction of sp³-hybridized carbons (Fsp3) is 0.318. The molecule has 1 saturated carbocycles. The Labute approximate surface area is 183 Å². The molecule has 160 valence electrons. The van der Waals surface area contributed by atoms with E-state index in [-0.39, 0.29) is 29.8 Å². The van der Waals surface area contributed by atoms with Gasteiger partial charge in [-0.25, -0.2) is 4.39 Å².